The number of ether oxygens (including phenoxy) is 1. The molecule has 2 aromatic rings. The summed E-state index contributed by atoms with van der Waals surface area (Å²) in [5.74, 6) is -0.405. The predicted octanol–water partition coefficient (Wildman–Crippen LogP) is 3.37. The van der Waals surface area contributed by atoms with Crippen molar-refractivity contribution in [1.82, 2.24) is 9.47 Å². The van der Waals surface area contributed by atoms with Crippen LogP contribution in [0.3, 0.4) is 0 Å². The van der Waals surface area contributed by atoms with Crippen molar-refractivity contribution in [3.63, 3.8) is 0 Å². The van der Waals surface area contributed by atoms with E-state index in [9.17, 15) is 13.2 Å². The van der Waals surface area contributed by atoms with E-state index in [1.165, 1.54) is 12.3 Å². The molecule has 8 heteroatoms. The van der Waals surface area contributed by atoms with Crippen LogP contribution in [0, 0.1) is 0 Å². The van der Waals surface area contributed by atoms with Gasteiger partial charge in [0.2, 0.25) is 0 Å². The van der Waals surface area contributed by atoms with Crippen LogP contribution in [0.25, 0.3) is 11.1 Å². The van der Waals surface area contributed by atoms with Gasteiger partial charge in [-0.15, -0.1) is 0 Å². The van der Waals surface area contributed by atoms with Crippen LogP contribution in [0.1, 0.15) is 58.4 Å². The fourth-order valence-corrected chi connectivity index (χ4v) is 5.83. The average molecular weight is 437 g/mol. The van der Waals surface area contributed by atoms with Crippen LogP contribution in [0.4, 0.5) is 0 Å². The highest BCUT2D eigenvalue weighted by Gasteiger charge is 2.38. The van der Waals surface area contributed by atoms with Gasteiger partial charge in [-0.05, 0) is 70.6 Å². The van der Waals surface area contributed by atoms with Crippen molar-refractivity contribution in [2.45, 2.75) is 75.0 Å². The van der Waals surface area contributed by atoms with Gasteiger partial charge in [0.1, 0.15) is 0 Å². The van der Waals surface area contributed by atoms with E-state index in [-0.39, 0.29) is 16.5 Å². The molecule has 2 fully saturated rings. The SMILES string of the molecule is CCO[C@H]1CC[C@](C)(N2CCC(n3c(=O)oc4ccc(S(C)(=O)=O)cc43)CC2)CC1. The van der Waals surface area contributed by atoms with Crippen LogP contribution in [0.15, 0.2) is 32.3 Å². The third kappa shape index (κ3) is 4.09. The third-order valence-corrected chi connectivity index (χ3v) is 8.13. The maximum Gasteiger partial charge on any atom is 0.420 e. The van der Waals surface area contributed by atoms with Crippen molar-refractivity contribution in [3.8, 4) is 0 Å². The number of benzene rings is 1. The molecule has 1 saturated carbocycles. The Balaban J connectivity index is 1.50. The minimum atomic E-state index is -3.35. The summed E-state index contributed by atoms with van der Waals surface area (Å²) in [6.07, 6.45) is 7.74. The summed E-state index contributed by atoms with van der Waals surface area (Å²) in [6.45, 7) is 7.03. The Morgan fingerprint density at radius 2 is 1.83 bits per heavy atom. The molecular formula is C22H32N2O5S. The topological polar surface area (TPSA) is 81.8 Å². The number of sulfone groups is 1. The lowest BCUT2D eigenvalue weighted by molar-refractivity contribution is -0.0274. The van der Waals surface area contributed by atoms with Crippen molar-refractivity contribution >= 4 is 20.9 Å². The minimum Gasteiger partial charge on any atom is -0.408 e. The van der Waals surface area contributed by atoms with Gasteiger partial charge >= 0.3 is 5.76 Å². The van der Waals surface area contributed by atoms with E-state index in [1.807, 2.05) is 0 Å². The second-order valence-electron chi connectivity index (χ2n) is 9.01. The smallest absolute Gasteiger partial charge is 0.408 e. The first-order chi connectivity index (χ1) is 14.2. The highest BCUT2D eigenvalue weighted by atomic mass is 32.2. The maximum atomic E-state index is 12.6. The van der Waals surface area contributed by atoms with Gasteiger partial charge in [0, 0.05) is 37.5 Å². The van der Waals surface area contributed by atoms with E-state index < -0.39 is 15.6 Å². The van der Waals surface area contributed by atoms with E-state index in [0.29, 0.717) is 17.2 Å². The summed E-state index contributed by atoms with van der Waals surface area (Å²) >= 11 is 0. The summed E-state index contributed by atoms with van der Waals surface area (Å²) in [5.41, 5.74) is 1.20. The maximum absolute atomic E-state index is 12.6. The fourth-order valence-electron chi connectivity index (χ4n) is 5.19. The summed E-state index contributed by atoms with van der Waals surface area (Å²) in [4.78, 5) is 15.3. The predicted molar refractivity (Wildman–Crippen MR) is 116 cm³/mol. The molecule has 2 heterocycles. The van der Waals surface area contributed by atoms with Gasteiger partial charge in [-0.2, -0.15) is 0 Å². The Labute approximate surface area is 177 Å². The normalized spacial score (nSPS) is 27.0. The van der Waals surface area contributed by atoms with Gasteiger partial charge < -0.3 is 9.15 Å². The monoisotopic (exact) mass is 436 g/mol. The van der Waals surface area contributed by atoms with Crippen LogP contribution in [-0.4, -0.2) is 55.5 Å². The largest absolute Gasteiger partial charge is 0.420 e. The van der Waals surface area contributed by atoms with Gasteiger partial charge in [-0.1, -0.05) is 0 Å². The molecule has 0 amide bonds. The van der Waals surface area contributed by atoms with Gasteiger partial charge in [0.25, 0.3) is 0 Å². The van der Waals surface area contributed by atoms with Crippen molar-refractivity contribution in [2.75, 3.05) is 26.0 Å². The number of oxazole rings is 1. The van der Waals surface area contributed by atoms with Crippen molar-refractivity contribution in [1.29, 1.82) is 0 Å². The van der Waals surface area contributed by atoms with Gasteiger partial charge in [0.05, 0.1) is 16.5 Å². The van der Waals surface area contributed by atoms with Gasteiger partial charge in [-0.25, -0.2) is 13.2 Å². The highest BCUT2D eigenvalue weighted by molar-refractivity contribution is 7.90. The molecule has 0 radical (unpaired) electrons. The van der Waals surface area contributed by atoms with Crippen LogP contribution < -0.4 is 5.76 Å². The highest BCUT2D eigenvalue weighted by Crippen LogP contribution is 2.38. The average Bonchev–Trinajstić information content (AvgIpc) is 3.04. The Morgan fingerprint density at radius 3 is 2.43 bits per heavy atom. The summed E-state index contributed by atoms with van der Waals surface area (Å²) < 4.78 is 36.8. The summed E-state index contributed by atoms with van der Waals surface area (Å²) in [7, 11) is -3.35. The van der Waals surface area contributed by atoms with E-state index in [1.54, 1.807) is 16.7 Å². The lowest BCUT2D eigenvalue weighted by Crippen LogP contribution is -2.52. The Morgan fingerprint density at radius 1 is 1.17 bits per heavy atom. The Hall–Kier alpha value is -1.64. The van der Waals surface area contributed by atoms with E-state index in [0.717, 1.165) is 58.2 Å². The molecule has 0 bridgehead atoms. The Bertz CT molecular complexity index is 1050. The lowest BCUT2D eigenvalue weighted by Gasteiger charge is -2.48. The number of piperidine rings is 1. The Kier molecular flexibility index (Phi) is 5.85. The number of rotatable bonds is 5. The standard InChI is InChI=1S/C22H32N2O5S/c1-4-28-17-7-11-22(2,12-8-17)23-13-9-16(10-14-23)24-19-15-18(30(3,26)27)5-6-20(19)29-21(24)25/h5-6,15-17H,4,7-14H2,1-3H3/t17-,22-. The molecule has 0 spiro atoms. The summed E-state index contributed by atoms with van der Waals surface area (Å²) in [5, 5.41) is 0. The molecule has 2 aliphatic rings. The molecule has 4 rings (SSSR count). The quantitative estimate of drug-likeness (QED) is 0.715. The number of hydrogen-bond acceptors (Lipinski definition) is 6. The van der Waals surface area contributed by atoms with Crippen molar-refractivity contribution < 1.29 is 17.6 Å². The molecule has 1 saturated heterocycles. The number of nitrogens with zero attached hydrogens (tertiary/aromatic N) is 2. The van der Waals surface area contributed by atoms with Crippen molar-refractivity contribution in [2.24, 2.45) is 0 Å². The zero-order valence-corrected chi connectivity index (χ0v) is 18.9. The molecule has 1 aliphatic carbocycles. The molecule has 1 aliphatic heterocycles. The van der Waals surface area contributed by atoms with Gasteiger partial charge in [0.15, 0.2) is 15.4 Å². The second-order valence-corrected chi connectivity index (χ2v) is 11.0. The number of fused-ring (bicyclic) bond motifs is 1. The summed E-state index contributed by atoms with van der Waals surface area (Å²) in [6, 6.07) is 4.66. The zero-order chi connectivity index (χ0) is 21.5. The number of aromatic nitrogens is 1. The molecular weight excluding hydrogens is 404 g/mol. The van der Waals surface area contributed by atoms with Crippen LogP contribution in [0.5, 0.6) is 0 Å². The molecule has 1 aromatic carbocycles. The number of likely N-dealkylation sites (tertiary alicyclic amines) is 1. The molecule has 0 N–H and O–H groups in total. The molecule has 0 atom stereocenters. The zero-order valence-electron chi connectivity index (χ0n) is 18.1. The van der Waals surface area contributed by atoms with E-state index >= 15 is 0 Å². The van der Waals surface area contributed by atoms with Crippen LogP contribution >= 0.6 is 0 Å². The van der Waals surface area contributed by atoms with Gasteiger partial charge in [-0.3, -0.25) is 9.47 Å². The first kappa shape index (κ1) is 21.6. The lowest BCUT2D eigenvalue weighted by atomic mass is 9.79. The first-order valence-corrected chi connectivity index (χ1v) is 12.8. The molecule has 7 nitrogen and oxygen atoms in total. The molecule has 166 valence electrons. The molecule has 1 aromatic heterocycles. The van der Waals surface area contributed by atoms with Crippen LogP contribution in [0.2, 0.25) is 0 Å². The second kappa shape index (κ2) is 8.13. The molecule has 30 heavy (non-hydrogen) atoms. The van der Waals surface area contributed by atoms with E-state index in [2.05, 4.69) is 18.7 Å². The third-order valence-electron chi connectivity index (χ3n) is 7.02. The fraction of sp³-hybridized carbons (Fsp3) is 0.682. The van der Waals surface area contributed by atoms with E-state index in [4.69, 9.17) is 9.15 Å². The van der Waals surface area contributed by atoms with Crippen molar-refractivity contribution in [3.05, 3.63) is 28.7 Å². The van der Waals surface area contributed by atoms with Crippen LogP contribution in [-0.2, 0) is 14.6 Å². The number of hydrogen-bond donors (Lipinski definition) is 0. The molecule has 0 unspecified atom stereocenters. The minimum absolute atomic E-state index is 0.0215. The first-order valence-electron chi connectivity index (χ1n) is 10.9.